The Morgan fingerprint density at radius 3 is 2.00 bits per heavy atom. The quantitative estimate of drug-likeness (QED) is 0.630. The van der Waals surface area contributed by atoms with Gasteiger partial charge >= 0.3 is 12.1 Å². The standard InChI is InChI=1S/C17H15F3O3/c1-12-8-10-14(11-9-12)23-15(21)16(22-2,17(18,19)20)13-6-4-3-5-7-13/h3-11H,1-2H3. The molecule has 1 atom stereocenters. The summed E-state index contributed by atoms with van der Waals surface area (Å²) in [4.78, 5) is 12.3. The minimum atomic E-state index is -4.98. The number of ether oxygens (including phenoxy) is 2. The van der Waals surface area contributed by atoms with E-state index < -0.39 is 17.7 Å². The number of alkyl halides is 3. The smallest absolute Gasteiger partial charge is 0.424 e. The van der Waals surface area contributed by atoms with Crippen LogP contribution in [-0.2, 0) is 15.1 Å². The van der Waals surface area contributed by atoms with Crippen molar-refractivity contribution >= 4 is 5.97 Å². The number of aryl methyl sites for hydroxylation is 1. The molecule has 6 heteroatoms. The van der Waals surface area contributed by atoms with Gasteiger partial charge in [-0.15, -0.1) is 0 Å². The molecule has 0 amide bonds. The summed E-state index contributed by atoms with van der Waals surface area (Å²) in [6.07, 6.45) is -4.98. The fourth-order valence-corrected chi connectivity index (χ4v) is 2.17. The molecule has 23 heavy (non-hydrogen) atoms. The van der Waals surface area contributed by atoms with E-state index in [9.17, 15) is 18.0 Å². The molecule has 0 aliphatic heterocycles. The molecule has 3 nitrogen and oxygen atoms in total. The van der Waals surface area contributed by atoms with Gasteiger partial charge in [0, 0.05) is 12.7 Å². The molecule has 0 bridgehead atoms. The molecule has 2 rings (SSSR count). The van der Waals surface area contributed by atoms with Gasteiger partial charge in [-0.05, 0) is 19.1 Å². The Labute approximate surface area is 131 Å². The maximum atomic E-state index is 13.7. The first-order valence-electron chi connectivity index (χ1n) is 6.77. The van der Waals surface area contributed by atoms with E-state index in [2.05, 4.69) is 4.74 Å². The van der Waals surface area contributed by atoms with Crippen LogP contribution in [0, 0.1) is 6.92 Å². The van der Waals surface area contributed by atoms with Gasteiger partial charge in [-0.2, -0.15) is 13.2 Å². The van der Waals surface area contributed by atoms with Crippen molar-refractivity contribution in [2.24, 2.45) is 0 Å². The Kier molecular flexibility index (Phi) is 4.75. The maximum Gasteiger partial charge on any atom is 0.432 e. The molecule has 0 radical (unpaired) electrons. The number of benzene rings is 2. The average Bonchev–Trinajstić information content (AvgIpc) is 2.50. The van der Waals surface area contributed by atoms with Crippen LogP contribution in [-0.4, -0.2) is 19.3 Å². The molecule has 122 valence electrons. The minimum absolute atomic E-state index is 0.0159. The lowest BCUT2D eigenvalue weighted by molar-refractivity contribution is -0.272. The molecule has 2 aromatic rings. The second-order valence-corrected chi connectivity index (χ2v) is 4.95. The zero-order chi connectivity index (χ0) is 17.1. The maximum absolute atomic E-state index is 13.7. The fraction of sp³-hybridized carbons (Fsp3) is 0.235. The number of carbonyl (C=O) groups excluding carboxylic acids is 1. The van der Waals surface area contributed by atoms with Crippen LogP contribution in [0.4, 0.5) is 13.2 Å². The number of methoxy groups -OCH3 is 1. The Hall–Kier alpha value is -2.34. The van der Waals surface area contributed by atoms with Crippen molar-refractivity contribution in [3.63, 3.8) is 0 Å². The van der Waals surface area contributed by atoms with Crippen LogP contribution < -0.4 is 4.74 Å². The molecule has 0 saturated carbocycles. The zero-order valence-electron chi connectivity index (χ0n) is 12.6. The predicted molar refractivity (Wildman–Crippen MR) is 78.0 cm³/mol. The van der Waals surface area contributed by atoms with Crippen LogP contribution in [0.3, 0.4) is 0 Å². The third-order valence-corrected chi connectivity index (χ3v) is 3.40. The molecule has 0 aromatic heterocycles. The van der Waals surface area contributed by atoms with Gasteiger partial charge in [-0.25, -0.2) is 4.79 Å². The third-order valence-electron chi connectivity index (χ3n) is 3.40. The van der Waals surface area contributed by atoms with Crippen LogP contribution in [0.2, 0.25) is 0 Å². The summed E-state index contributed by atoms with van der Waals surface area (Å²) >= 11 is 0. The van der Waals surface area contributed by atoms with Crippen molar-refractivity contribution in [1.29, 1.82) is 0 Å². The Balaban J connectivity index is 2.45. The molecule has 0 saturated heterocycles. The van der Waals surface area contributed by atoms with Gasteiger partial charge in [0.25, 0.3) is 5.60 Å². The summed E-state index contributed by atoms with van der Waals surface area (Å²) < 4.78 is 50.5. The second-order valence-electron chi connectivity index (χ2n) is 4.95. The third kappa shape index (κ3) is 3.22. The molecule has 0 fully saturated rings. The largest absolute Gasteiger partial charge is 0.432 e. The lowest BCUT2D eigenvalue weighted by atomic mass is 9.92. The first kappa shape index (κ1) is 17.0. The number of halogens is 3. The van der Waals surface area contributed by atoms with Crippen molar-refractivity contribution < 1.29 is 27.4 Å². The van der Waals surface area contributed by atoms with E-state index in [0.717, 1.165) is 12.7 Å². The number of carbonyl (C=O) groups is 1. The summed E-state index contributed by atoms with van der Waals surface area (Å²) in [5.74, 6) is -1.52. The molecule has 0 aliphatic rings. The molecular weight excluding hydrogens is 309 g/mol. The molecule has 0 heterocycles. The van der Waals surface area contributed by atoms with Gasteiger partial charge in [-0.1, -0.05) is 48.0 Å². The van der Waals surface area contributed by atoms with E-state index in [4.69, 9.17) is 4.74 Å². The molecule has 0 spiro atoms. The summed E-state index contributed by atoms with van der Waals surface area (Å²) in [6.45, 7) is 1.81. The molecule has 0 N–H and O–H groups in total. The van der Waals surface area contributed by atoms with Gasteiger partial charge in [0.05, 0.1) is 0 Å². The monoisotopic (exact) mass is 324 g/mol. The predicted octanol–water partition coefficient (Wildman–Crippen LogP) is 4.00. The van der Waals surface area contributed by atoms with Gasteiger partial charge in [0.15, 0.2) is 0 Å². The Morgan fingerprint density at radius 1 is 0.957 bits per heavy atom. The van der Waals surface area contributed by atoms with Gasteiger partial charge in [0.2, 0.25) is 0 Å². The first-order valence-corrected chi connectivity index (χ1v) is 6.77. The summed E-state index contributed by atoms with van der Waals surface area (Å²) in [5.41, 5.74) is -2.63. The first-order chi connectivity index (χ1) is 10.8. The topological polar surface area (TPSA) is 35.5 Å². The molecule has 0 aliphatic carbocycles. The lowest BCUT2D eigenvalue weighted by Crippen LogP contribution is -2.52. The van der Waals surface area contributed by atoms with Crippen LogP contribution in [0.25, 0.3) is 0 Å². The van der Waals surface area contributed by atoms with Crippen molar-refractivity contribution in [3.05, 3.63) is 65.7 Å². The minimum Gasteiger partial charge on any atom is -0.424 e. The molecular formula is C17H15F3O3. The summed E-state index contributed by atoms with van der Waals surface area (Å²) in [7, 11) is 0.830. The second kappa shape index (κ2) is 6.42. The number of hydrogen-bond donors (Lipinski definition) is 0. The van der Waals surface area contributed by atoms with Crippen LogP contribution >= 0.6 is 0 Å². The van der Waals surface area contributed by atoms with Gasteiger partial charge < -0.3 is 9.47 Å². The Morgan fingerprint density at radius 2 is 1.52 bits per heavy atom. The van der Waals surface area contributed by atoms with Crippen molar-refractivity contribution in [1.82, 2.24) is 0 Å². The summed E-state index contributed by atoms with van der Waals surface area (Å²) in [6, 6.07) is 12.8. The van der Waals surface area contributed by atoms with E-state index in [1.807, 2.05) is 6.92 Å². The highest BCUT2D eigenvalue weighted by molar-refractivity contribution is 5.84. The Bertz CT molecular complexity index is 666. The number of esters is 1. The summed E-state index contributed by atoms with van der Waals surface area (Å²) in [5, 5.41) is 0. The average molecular weight is 324 g/mol. The number of rotatable bonds is 4. The SMILES string of the molecule is COC(C(=O)Oc1ccc(C)cc1)(c1ccccc1)C(F)(F)F. The van der Waals surface area contributed by atoms with Gasteiger partial charge in [-0.3, -0.25) is 0 Å². The van der Waals surface area contributed by atoms with E-state index >= 15 is 0 Å². The van der Waals surface area contributed by atoms with Crippen molar-refractivity contribution in [3.8, 4) is 5.75 Å². The lowest BCUT2D eigenvalue weighted by Gasteiger charge is -2.32. The van der Waals surface area contributed by atoms with Crippen LogP contribution in [0.5, 0.6) is 5.75 Å². The van der Waals surface area contributed by atoms with E-state index in [0.29, 0.717) is 0 Å². The normalized spacial score (nSPS) is 14.1. The van der Waals surface area contributed by atoms with Crippen molar-refractivity contribution in [2.75, 3.05) is 7.11 Å². The van der Waals surface area contributed by atoms with Crippen molar-refractivity contribution in [2.45, 2.75) is 18.7 Å². The highest BCUT2D eigenvalue weighted by atomic mass is 19.4. The molecule has 1 unspecified atom stereocenters. The van der Waals surface area contributed by atoms with Crippen LogP contribution in [0.15, 0.2) is 54.6 Å². The van der Waals surface area contributed by atoms with E-state index in [1.165, 1.54) is 36.4 Å². The van der Waals surface area contributed by atoms with E-state index in [-0.39, 0.29) is 11.3 Å². The fourth-order valence-electron chi connectivity index (χ4n) is 2.17. The highest BCUT2D eigenvalue weighted by Crippen LogP contribution is 2.43. The number of hydrogen-bond acceptors (Lipinski definition) is 3. The highest BCUT2D eigenvalue weighted by Gasteiger charge is 2.64. The van der Waals surface area contributed by atoms with Gasteiger partial charge in [0.1, 0.15) is 5.75 Å². The molecule has 2 aromatic carbocycles. The zero-order valence-corrected chi connectivity index (χ0v) is 12.6. The van der Waals surface area contributed by atoms with Crippen LogP contribution in [0.1, 0.15) is 11.1 Å². The van der Waals surface area contributed by atoms with E-state index in [1.54, 1.807) is 18.2 Å².